The molecule has 1 N–H and O–H groups in total. The molecule has 2 atom stereocenters. The summed E-state index contributed by atoms with van der Waals surface area (Å²) in [5.41, 5.74) is 1.68. The van der Waals surface area contributed by atoms with E-state index in [-0.39, 0.29) is 0 Å². The van der Waals surface area contributed by atoms with Gasteiger partial charge in [0.05, 0.1) is 0 Å². The number of esters is 1. The highest BCUT2D eigenvalue weighted by Gasteiger charge is 2.23. The van der Waals surface area contributed by atoms with Crippen molar-refractivity contribution in [2.24, 2.45) is 0 Å². The first-order valence-corrected chi connectivity index (χ1v) is 7.75. The quantitative estimate of drug-likeness (QED) is 0.827. The lowest BCUT2D eigenvalue weighted by molar-refractivity contribution is -0.159. The molecule has 24 heavy (non-hydrogen) atoms. The Morgan fingerprint density at radius 2 is 1.67 bits per heavy atom. The number of amides is 1. The number of benzene rings is 2. The maximum atomic E-state index is 12.1. The number of anilines is 1. The van der Waals surface area contributed by atoms with Crippen molar-refractivity contribution >= 4 is 17.6 Å². The van der Waals surface area contributed by atoms with E-state index in [1.54, 1.807) is 25.1 Å². The van der Waals surface area contributed by atoms with Crippen LogP contribution >= 0.6 is 0 Å². The van der Waals surface area contributed by atoms with E-state index in [0.717, 1.165) is 5.56 Å². The molecular weight excluding hydrogens is 306 g/mol. The van der Waals surface area contributed by atoms with E-state index in [2.05, 4.69) is 5.32 Å². The van der Waals surface area contributed by atoms with Crippen LogP contribution in [0.2, 0.25) is 0 Å². The van der Waals surface area contributed by atoms with Gasteiger partial charge in [-0.2, -0.15) is 0 Å². The number of hydrogen-bond donors (Lipinski definition) is 1. The van der Waals surface area contributed by atoms with Gasteiger partial charge in [0.15, 0.2) is 12.2 Å². The molecule has 2 aromatic rings. The maximum absolute atomic E-state index is 12.1. The number of para-hydroxylation sites is 1. The Morgan fingerprint density at radius 3 is 2.33 bits per heavy atom. The van der Waals surface area contributed by atoms with E-state index >= 15 is 0 Å². The highest BCUT2D eigenvalue weighted by Crippen LogP contribution is 2.15. The summed E-state index contributed by atoms with van der Waals surface area (Å²) in [6.07, 6.45) is -1.72. The van der Waals surface area contributed by atoms with Gasteiger partial charge >= 0.3 is 5.97 Å². The fourth-order valence-electron chi connectivity index (χ4n) is 2.03. The maximum Gasteiger partial charge on any atom is 0.347 e. The fraction of sp³-hybridized carbons (Fsp3) is 0.263. The Labute approximate surface area is 141 Å². The lowest BCUT2D eigenvalue weighted by atomic mass is 10.2. The third kappa shape index (κ3) is 5.12. The van der Waals surface area contributed by atoms with Crippen LogP contribution in [0.3, 0.4) is 0 Å². The van der Waals surface area contributed by atoms with Crippen LogP contribution in [0, 0.1) is 6.92 Å². The second-order valence-electron chi connectivity index (χ2n) is 5.51. The summed E-state index contributed by atoms with van der Waals surface area (Å²) in [5.74, 6) is -0.398. The van der Waals surface area contributed by atoms with Gasteiger partial charge in [-0.15, -0.1) is 0 Å². The Balaban J connectivity index is 1.87. The summed E-state index contributed by atoms with van der Waals surface area (Å²) in [4.78, 5) is 24.1. The molecule has 5 nitrogen and oxygen atoms in total. The molecule has 2 aromatic carbocycles. The van der Waals surface area contributed by atoms with Crippen LogP contribution in [-0.2, 0) is 14.3 Å². The summed E-state index contributed by atoms with van der Waals surface area (Å²) in [5, 5.41) is 2.69. The fourth-order valence-corrected chi connectivity index (χ4v) is 2.03. The SMILES string of the molecule is Cc1cccc(O[C@H](C)C(=O)O[C@@H](C)C(=O)Nc2ccccc2)c1. The first kappa shape index (κ1) is 17.5. The Hall–Kier alpha value is -2.82. The molecule has 0 unspecified atom stereocenters. The zero-order valence-electron chi connectivity index (χ0n) is 14.0. The van der Waals surface area contributed by atoms with Crippen LogP contribution < -0.4 is 10.1 Å². The van der Waals surface area contributed by atoms with E-state index in [1.165, 1.54) is 6.92 Å². The monoisotopic (exact) mass is 327 g/mol. The topological polar surface area (TPSA) is 64.6 Å². The summed E-state index contributed by atoms with van der Waals surface area (Å²) in [6.45, 7) is 5.05. The molecule has 0 radical (unpaired) electrons. The molecule has 0 fully saturated rings. The van der Waals surface area contributed by atoms with Crippen LogP contribution in [0.4, 0.5) is 5.69 Å². The van der Waals surface area contributed by atoms with E-state index in [9.17, 15) is 9.59 Å². The van der Waals surface area contributed by atoms with Crippen LogP contribution in [0.5, 0.6) is 5.75 Å². The molecule has 0 aliphatic heterocycles. The van der Waals surface area contributed by atoms with E-state index < -0.39 is 24.1 Å². The summed E-state index contributed by atoms with van der Waals surface area (Å²) < 4.78 is 10.7. The van der Waals surface area contributed by atoms with Crippen molar-refractivity contribution in [1.82, 2.24) is 0 Å². The Kier molecular flexibility index (Phi) is 5.95. The van der Waals surface area contributed by atoms with Gasteiger partial charge in [0.1, 0.15) is 5.75 Å². The lowest BCUT2D eigenvalue weighted by Gasteiger charge is -2.18. The number of rotatable bonds is 6. The van der Waals surface area contributed by atoms with E-state index in [1.807, 2.05) is 43.3 Å². The van der Waals surface area contributed by atoms with Crippen molar-refractivity contribution in [2.45, 2.75) is 33.0 Å². The van der Waals surface area contributed by atoms with Crippen molar-refractivity contribution < 1.29 is 19.1 Å². The molecule has 1 amide bonds. The predicted octanol–water partition coefficient (Wildman–Crippen LogP) is 3.33. The minimum Gasteiger partial charge on any atom is -0.479 e. The number of nitrogens with one attached hydrogen (secondary N) is 1. The summed E-state index contributed by atoms with van der Waals surface area (Å²) in [6, 6.07) is 16.4. The molecule has 0 aromatic heterocycles. The zero-order valence-corrected chi connectivity index (χ0v) is 14.0. The van der Waals surface area contributed by atoms with Gasteiger partial charge in [0.2, 0.25) is 0 Å². The van der Waals surface area contributed by atoms with Gasteiger partial charge in [0.25, 0.3) is 5.91 Å². The number of ether oxygens (including phenoxy) is 2. The minimum atomic E-state index is -0.915. The van der Waals surface area contributed by atoms with E-state index in [0.29, 0.717) is 11.4 Å². The number of aryl methyl sites for hydroxylation is 1. The minimum absolute atomic E-state index is 0.391. The van der Waals surface area contributed by atoms with Crippen molar-refractivity contribution in [3.8, 4) is 5.75 Å². The van der Waals surface area contributed by atoms with Crippen LogP contribution in [0.15, 0.2) is 54.6 Å². The zero-order chi connectivity index (χ0) is 17.5. The smallest absolute Gasteiger partial charge is 0.347 e. The number of carbonyl (C=O) groups excluding carboxylic acids is 2. The molecule has 0 saturated heterocycles. The van der Waals surface area contributed by atoms with Crippen LogP contribution in [0.25, 0.3) is 0 Å². The van der Waals surface area contributed by atoms with Crippen LogP contribution in [-0.4, -0.2) is 24.1 Å². The summed E-state index contributed by atoms with van der Waals surface area (Å²) in [7, 11) is 0. The van der Waals surface area contributed by atoms with Gasteiger partial charge in [-0.1, -0.05) is 30.3 Å². The second kappa shape index (κ2) is 8.15. The lowest BCUT2D eigenvalue weighted by Crippen LogP contribution is -2.35. The van der Waals surface area contributed by atoms with Crippen LogP contribution in [0.1, 0.15) is 19.4 Å². The second-order valence-corrected chi connectivity index (χ2v) is 5.51. The molecule has 0 aliphatic rings. The molecule has 0 bridgehead atoms. The van der Waals surface area contributed by atoms with Gasteiger partial charge in [0, 0.05) is 5.69 Å². The third-order valence-electron chi connectivity index (χ3n) is 3.34. The van der Waals surface area contributed by atoms with Gasteiger partial charge in [-0.25, -0.2) is 4.79 Å². The molecule has 0 saturated carbocycles. The van der Waals surface area contributed by atoms with Crippen molar-refractivity contribution in [3.63, 3.8) is 0 Å². The molecule has 0 heterocycles. The Morgan fingerprint density at radius 1 is 0.958 bits per heavy atom. The van der Waals surface area contributed by atoms with Crippen molar-refractivity contribution in [3.05, 3.63) is 60.2 Å². The predicted molar refractivity (Wildman–Crippen MR) is 91.9 cm³/mol. The molecule has 0 spiro atoms. The highest BCUT2D eigenvalue weighted by molar-refractivity contribution is 5.95. The van der Waals surface area contributed by atoms with Gasteiger partial charge < -0.3 is 14.8 Å². The normalized spacial score (nSPS) is 12.8. The average molecular weight is 327 g/mol. The molecular formula is C19H21NO4. The largest absolute Gasteiger partial charge is 0.479 e. The van der Waals surface area contributed by atoms with Gasteiger partial charge in [-0.05, 0) is 50.6 Å². The first-order valence-electron chi connectivity index (χ1n) is 7.75. The van der Waals surface area contributed by atoms with E-state index in [4.69, 9.17) is 9.47 Å². The average Bonchev–Trinajstić information content (AvgIpc) is 2.55. The Bertz CT molecular complexity index is 700. The molecule has 2 rings (SSSR count). The standard InChI is InChI=1S/C19H21NO4/c1-13-8-7-11-17(12-13)23-15(3)19(22)24-14(2)18(21)20-16-9-5-4-6-10-16/h4-12,14-15H,1-3H3,(H,20,21)/t14-,15+/m0/s1. The highest BCUT2D eigenvalue weighted by atomic mass is 16.6. The van der Waals surface area contributed by atoms with Crippen molar-refractivity contribution in [1.29, 1.82) is 0 Å². The number of hydrogen-bond acceptors (Lipinski definition) is 4. The van der Waals surface area contributed by atoms with Crippen molar-refractivity contribution in [2.75, 3.05) is 5.32 Å². The molecule has 126 valence electrons. The van der Waals surface area contributed by atoms with Gasteiger partial charge in [-0.3, -0.25) is 4.79 Å². The first-order chi connectivity index (χ1) is 11.5. The number of carbonyl (C=O) groups is 2. The summed E-state index contributed by atoms with van der Waals surface area (Å²) >= 11 is 0. The third-order valence-corrected chi connectivity index (χ3v) is 3.34. The molecule has 5 heteroatoms. The molecule has 0 aliphatic carbocycles.